The monoisotopic (exact) mass is 374 g/mol. The number of hydrogen-bond donors (Lipinski definition) is 1. The van der Waals surface area contributed by atoms with Gasteiger partial charge in [-0.05, 0) is 36.0 Å². The van der Waals surface area contributed by atoms with Crippen molar-refractivity contribution < 1.29 is 14.7 Å². The van der Waals surface area contributed by atoms with Gasteiger partial charge in [-0.15, -0.1) is 0 Å². The number of piperazine rings is 1. The number of carboxylic acids is 1. The maximum atomic E-state index is 13.0. The normalized spacial score (nSPS) is 30.7. The first-order valence-corrected chi connectivity index (χ1v) is 9.57. The Bertz CT molecular complexity index is 742. The van der Waals surface area contributed by atoms with Crippen molar-refractivity contribution in [3.8, 4) is 0 Å². The van der Waals surface area contributed by atoms with E-state index in [1.54, 1.807) is 0 Å². The average molecular weight is 375 g/mol. The molecule has 1 saturated carbocycles. The largest absolute Gasteiger partial charge is 0.481 e. The molecule has 1 amide bonds. The SMILES string of the molecule is O=C(O)[C@@H]1[C@@H](C(=O)N2CCN(Cc3cccc(Cl)c3)CC2)[C@H]2C=C[C@@H]1C2. The van der Waals surface area contributed by atoms with Crippen molar-refractivity contribution in [2.24, 2.45) is 23.7 Å². The molecule has 2 bridgehead atoms. The number of amides is 1. The first kappa shape index (κ1) is 17.6. The van der Waals surface area contributed by atoms with E-state index in [1.807, 2.05) is 35.3 Å². The molecular formula is C20H23ClN2O3. The highest BCUT2D eigenvalue weighted by Gasteiger charge is 2.52. The van der Waals surface area contributed by atoms with Gasteiger partial charge < -0.3 is 10.0 Å². The summed E-state index contributed by atoms with van der Waals surface area (Å²) in [6.45, 7) is 3.73. The highest BCUT2D eigenvalue weighted by atomic mass is 35.5. The highest BCUT2D eigenvalue weighted by molar-refractivity contribution is 6.30. The zero-order valence-corrected chi connectivity index (χ0v) is 15.3. The summed E-state index contributed by atoms with van der Waals surface area (Å²) in [5, 5.41) is 10.3. The summed E-state index contributed by atoms with van der Waals surface area (Å²) in [5.74, 6) is -1.63. The third-order valence-corrected chi connectivity index (χ3v) is 6.24. The molecule has 1 N–H and O–H groups in total. The number of hydrogen-bond acceptors (Lipinski definition) is 3. The number of nitrogens with zero attached hydrogens (tertiary/aromatic N) is 2. The van der Waals surface area contributed by atoms with Crippen LogP contribution in [0.15, 0.2) is 36.4 Å². The zero-order chi connectivity index (χ0) is 18.3. The predicted octanol–water partition coefficient (Wildman–Crippen LogP) is 2.51. The molecule has 0 aromatic heterocycles. The molecule has 2 aliphatic carbocycles. The standard InChI is InChI=1S/C20H23ClN2O3/c21-16-3-1-2-13(10-16)12-22-6-8-23(9-7-22)19(24)17-14-4-5-15(11-14)18(17)20(25)26/h1-5,10,14-15,17-18H,6-9,11-12H2,(H,25,26)/t14-,15+,17-,18-/m0/s1. The molecule has 1 heterocycles. The van der Waals surface area contributed by atoms with Gasteiger partial charge in [0.15, 0.2) is 0 Å². The molecule has 0 radical (unpaired) electrons. The molecule has 5 nitrogen and oxygen atoms in total. The molecule has 1 aromatic rings. The highest BCUT2D eigenvalue weighted by Crippen LogP contribution is 2.48. The topological polar surface area (TPSA) is 60.9 Å². The van der Waals surface area contributed by atoms with Crippen LogP contribution in [-0.4, -0.2) is 53.0 Å². The lowest BCUT2D eigenvalue weighted by Gasteiger charge is -2.37. The fourth-order valence-corrected chi connectivity index (χ4v) is 4.94. The Hall–Kier alpha value is -1.85. The minimum Gasteiger partial charge on any atom is -0.481 e. The van der Waals surface area contributed by atoms with E-state index in [0.29, 0.717) is 13.1 Å². The molecule has 1 aliphatic heterocycles. The minimum atomic E-state index is -0.834. The third-order valence-electron chi connectivity index (χ3n) is 6.01. The number of benzene rings is 1. The maximum absolute atomic E-state index is 13.0. The van der Waals surface area contributed by atoms with Crippen LogP contribution in [-0.2, 0) is 16.1 Å². The van der Waals surface area contributed by atoms with E-state index in [0.717, 1.165) is 31.1 Å². The van der Waals surface area contributed by atoms with Crippen molar-refractivity contribution in [1.82, 2.24) is 9.80 Å². The molecular weight excluding hydrogens is 352 g/mol. The summed E-state index contributed by atoms with van der Waals surface area (Å²) < 4.78 is 0. The number of aliphatic carboxylic acids is 1. The first-order chi connectivity index (χ1) is 12.5. The maximum Gasteiger partial charge on any atom is 0.307 e. The van der Waals surface area contributed by atoms with E-state index in [-0.39, 0.29) is 23.7 Å². The van der Waals surface area contributed by atoms with E-state index in [9.17, 15) is 14.7 Å². The van der Waals surface area contributed by atoms with Crippen LogP contribution in [0, 0.1) is 23.7 Å². The van der Waals surface area contributed by atoms with Crippen LogP contribution in [0.3, 0.4) is 0 Å². The number of carboxylic acid groups (broad SMARTS) is 1. The quantitative estimate of drug-likeness (QED) is 0.822. The van der Waals surface area contributed by atoms with Crippen LogP contribution in [0.25, 0.3) is 0 Å². The van der Waals surface area contributed by atoms with Gasteiger partial charge in [0, 0.05) is 37.7 Å². The Kier molecular flexibility index (Phi) is 4.76. The van der Waals surface area contributed by atoms with Crippen molar-refractivity contribution in [3.05, 3.63) is 47.0 Å². The van der Waals surface area contributed by atoms with Crippen molar-refractivity contribution in [2.45, 2.75) is 13.0 Å². The van der Waals surface area contributed by atoms with Crippen LogP contribution in [0.1, 0.15) is 12.0 Å². The number of halogens is 1. The van der Waals surface area contributed by atoms with E-state index < -0.39 is 11.9 Å². The number of carbonyl (C=O) groups is 2. The van der Waals surface area contributed by atoms with Crippen LogP contribution in [0.2, 0.25) is 5.02 Å². The molecule has 2 fully saturated rings. The number of allylic oxidation sites excluding steroid dienone is 2. The van der Waals surface area contributed by atoms with Gasteiger partial charge in [0.05, 0.1) is 11.8 Å². The molecule has 138 valence electrons. The molecule has 1 aromatic carbocycles. The summed E-state index contributed by atoms with van der Waals surface area (Å²) in [5.41, 5.74) is 1.17. The summed E-state index contributed by atoms with van der Waals surface area (Å²) in [6.07, 6.45) is 4.83. The lowest BCUT2D eigenvalue weighted by Crippen LogP contribution is -2.52. The second kappa shape index (κ2) is 7.05. The van der Waals surface area contributed by atoms with Crippen LogP contribution >= 0.6 is 11.6 Å². The van der Waals surface area contributed by atoms with E-state index >= 15 is 0 Å². The first-order valence-electron chi connectivity index (χ1n) is 9.19. The van der Waals surface area contributed by atoms with E-state index in [2.05, 4.69) is 11.0 Å². The molecule has 4 atom stereocenters. The Labute approximate surface area is 158 Å². The van der Waals surface area contributed by atoms with Crippen molar-refractivity contribution in [1.29, 1.82) is 0 Å². The van der Waals surface area contributed by atoms with Crippen molar-refractivity contribution in [2.75, 3.05) is 26.2 Å². The molecule has 0 spiro atoms. The Balaban J connectivity index is 1.36. The Morgan fingerprint density at radius 1 is 1.08 bits per heavy atom. The van der Waals surface area contributed by atoms with Gasteiger partial charge >= 0.3 is 5.97 Å². The molecule has 26 heavy (non-hydrogen) atoms. The second-order valence-corrected chi connectivity index (χ2v) is 8.01. The summed E-state index contributed by atoms with van der Waals surface area (Å²) in [6, 6.07) is 7.84. The van der Waals surface area contributed by atoms with Crippen molar-refractivity contribution >= 4 is 23.5 Å². The van der Waals surface area contributed by atoms with Crippen LogP contribution < -0.4 is 0 Å². The van der Waals surface area contributed by atoms with Crippen LogP contribution in [0.5, 0.6) is 0 Å². The molecule has 4 rings (SSSR count). The number of rotatable bonds is 4. The smallest absolute Gasteiger partial charge is 0.307 e. The second-order valence-electron chi connectivity index (χ2n) is 7.57. The lowest BCUT2D eigenvalue weighted by molar-refractivity contribution is -0.151. The van der Waals surface area contributed by atoms with E-state index in [4.69, 9.17) is 11.6 Å². The number of carbonyl (C=O) groups excluding carboxylic acids is 1. The van der Waals surface area contributed by atoms with Gasteiger partial charge in [-0.25, -0.2) is 0 Å². The van der Waals surface area contributed by atoms with Crippen molar-refractivity contribution in [3.63, 3.8) is 0 Å². The minimum absolute atomic E-state index is 0.0237. The number of fused-ring (bicyclic) bond motifs is 2. The molecule has 3 aliphatic rings. The Morgan fingerprint density at radius 3 is 2.42 bits per heavy atom. The van der Waals surface area contributed by atoms with Gasteiger partial charge in [0.1, 0.15) is 0 Å². The average Bonchev–Trinajstić information content (AvgIpc) is 3.23. The Morgan fingerprint density at radius 2 is 1.77 bits per heavy atom. The molecule has 1 saturated heterocycles. The lowest BCUT2D eigenvalue weighted by atomic mass is 9.82. The molecule has 0 unspecified atom stereocenters. The van der Waals surface area contributed by atoms with Gasteiger partial charge in [-0.3, -0.25) is 14.5 Å². The zero-order valence-electron chi connectivity index (χ0n) is 14.6. The van der Waals surface area contributed by atoms with Gasteiger partial charge in [-0.1, -0.05) is 35.9 Å². The fourth-order valence-electron chi connectivity index (χ4n) is 4.73. The summed E-state index contributed by atoms with van der Waals surface area (Å²) in [7, 11) is 0. The van der Waals surface area contributed by atoms with Gasteiger partial charge in [-0.2, -0.15) is 0 Å². The fraction of sp³-hybridized carbons (Fsp3) is 0.500. The predicted molar refractivity (Wildman–Crippen MR) is 98.7 cm³/mol. The van der Waals surface area contributed by atoms with Gasteiger partial charge in [0.25, 0.3) is 0 Å². The van der Waals surface area contributed by atoms with Gasteiger partial charge in [0.2, 0.25) is 5.91 Å². The van der Waals surface area contributed by atoms with Crippen LogP contribution in [0.4, 0.5) is 0 Å². The third kappa shape index (κ3) is 3.26. The molecule has 6 heteroatoms. The summed E-state index contributed by atoms with van der Waals surface area (Å²) >= 11 is 6.05. The summed E-state index contributed by atoms with van der Waals surface area (Å²) in [4.78, 5) is 28.8. The van der Waals surface area contributed by atoms with E-state index in [1.165, 1.54) is 5.56 Å².